The molecule has 0 aliphatic carbocycles. The molecule has 0 unspecified atom stereocenters. The van der Waals surface area contributed by atoms with Gasteiger partial charge in [0.2, 0.25) is 0 Å². The Bertz CT molecular complexity index is 322. The van der Waals surface area contributed by atoms with Crippen molar-refractivity contribution in [2.45, 2.75) is 135 Å². The van der Waals surface area contributed by atoms with E-state index in [2.05, 4.69) is 23.8 Å². The van der Waals surface area contributed by atoms with Crippen molar-refractivity contribution in [1.82, 2.24) is 0 Å². The summed E-state index contributed by atoms with van der Waals surface area (Å²) in [5.41, 5.74) is 0. The molecule has 0 N–H and O–H groups in total. The van der Waals surface area contributed by atoms with Crippen LogP contribution in [0.3, 0.4) is 0 Å². The normalized spacial score (nSPS) is 11.3. The minimum atomic E-state index is -0.0642. The van der Waals surface area contributed by atoms with E-state index in [0.717, 1.165) is 6.42 Å². The summed E-state index contributed by atoms with van der Waals surface area (Å²) in [6.07, 6.45) is 31.0. The number of carbonyl (C=O) groups excluding carboxylic acids is 1. The first-order valence-corrected chi connectivity index (χ1v) is 12.0. The fraction of sp³-hybridized carbons (Fsp3) is 0.880. The molecule has 0 saturated heterocycles. The average Bonchev–Trinajstić information content (AvgIpc) is 2.68. The molecule has 0 aliphatic heterocycles. The maximum absolute atomic E-state index is 11.0. The summed E-state index contributed by atoms with van der Waals surface area (Å²) in [6, 6.07) is 0. The van der Waals surface area contributed by atoms with Crippen molar-refractivity contribution in [2.24, 2.45) is 0 Å². The first kappa shape index (κ1) is 26.2. The van der Waals surface area contributed by atoms with Gasteiger partial charge in [-0.3, -0.25) is 4.79 Å². The summed E-state index contributed by atoms with van der Waals surface area (Å²) < 4.78 is 4.65. The topological polar surface area (TPSA) is 26.3 Å². The van der Waals surface area contributed by atoms with Crippen LogP contribution in [0.2, 0.25) is 0 Å². The average molecular weight is 381 g/mol. The van der Waals surface area contributed by atoms with E-state index in [1.807, 2.05) is 0 Å². The largest absolute Gasteiger partial charge is 0.469 e. The minimum absolute atomic E-state index is 0.0642. The Morgan fingerprint density at radius 2 is 0.926 bits per heavy atom. The number of unbranched alkanes of at least 4 members (excludes halogenated alkanes) is 18. The number of methoxy groups -OCH3 is 1. The molecular formula is C25H48O2. The Morgan fingerprint density at radius 1 is 0.593 bits per heavy atom. The molecule has 2 nitrogen and oxygen atoms in total. The van der Waals surface area contributed by atoms with Crippen LogP contribution >= 0.6 is 0 Å². The first-order valence-electron chi connectivity index (χ1n) is 12.0. The molecule has 0 atom stereocenters. The number of hydrogen-bond donors (Lipinski definition) is 0. The second-order valence-electron chi connectivity index (χ2n) is 8.05. The molecule has 0 spiro atoms. The summed E-state index contributed by atoms with van der Waals surface area (Å²) in [4.78, 5) is 11.0. The maximum Gasteiger partial charge on any atom is 0.305 e. The number of hydrogen-bond acceptors (Lipinski definition) is 2. The number of rotatable bonds is 21. The number of allylic oxidation sites excluding steroid dienone is 2. The Morgan fingerprint density at radius 3 is 1.26 bits per heavy atom. The molecule has 160 valence electrons. The van der Waals surface area contributed by atoms with E-state index in [1.165, 1.54) is 123 Å². The third-order valence-electron chi connectivity index (χ3n) is 5.47. The van der Waals surface area contributed by atoms with Gasteiger partial charge in [-0.15, -0.1) is 0 Å². The minimum Gasteiger partial charge on any atom is -0.469 e. The van der Waals surface area contributed by atoms with E-state index < -0.39 is 0 Å². The van der Waals surface area contributed by atoms with Gasteiger partial charge in [0.15, 0.2) is 0 Å². The maximum atomic E-state index is 11.0. The second kappa shape index (κ2) is 23.2. The van der Waals surface area contributed by atoms with Crippen molar-refractivity contribution >= 4 is 5.97 Å². The molecule has 0 aliphatic rings. The van der Waals surface area contributed by atoms with E-state index in [-0.39, 0.29) is 5.97 Å². The fourth-order valence-electron chi connectivity index (χ4n) is 3.63. The standard InChI is InChI=1S/C25H48O2/c1-3-4-5-6-7-8-9-10-11-12-13-14-15-16-17-18-19-20-21-22-23-24-25(26)27-2/h3-4H,5-24H2,1-2H3/b4-3+. The summed E-state index contributed by atoms with van der Waals surface area (Å²) >= 11 is 0. The number of ether oxygens (including phenoxy) is 1. The molecule has 27 heavy (non-hydrogen) atoms. The predicted molar refractivity (Wildman–Crippen MR) is 119 cm³/mol. The molecule has 0 aromatic carbocycles. The molecule has 0 aromatic heterocycles. The van der Waals surface area contributed by atoms with Gasteiger partial charge in [-0.2, -0.15) is 0 Å². The van der Waals surface area contributed by atoms with Crippen LogP contribution in [0, 0.1) is 0 Å². The molecule has 0 saturated carbocycles. The zero-order valence-corrected chi connectivity index (χ0v) is 18.6. The van der Waals surface area contributed by atoms with Crippen LogP contribution in [0.4, 0.5) is 0 Å². The van der Waals surface area contributed by atoms with Gasteiger partial charge in [-0.25, -0.2) is 0 Å². The van der Waals surface area contributed by atoms with E-state index in [1.54, 1.807) is 0 Å². The Labute approximate surface area is 170 Å². The van der Waals surface area contributed by atoms with Crippen molar-refractivity contribution in [3.63, 3.8) is 0 Å². The van der Waals surface area contributed by atoms with Gasteiger partial charge in [-0.1, -0.05) is 115 Å². The van der Waals surface area contributed by atoms with Gasteiger partial charge < -0.3 is 4.74 Å². The van der Waals surface area contributed by atoms with Crippen LogP contribution in [-0.4, -0.2) is 13.1 Å². The van der Waals surface area contributed by atoms with Crippen LogP contribution < -0.4 is 0 Å². The van der Waals surface area contributed by atoms with Crippen molar-refractivity contribution in [3.8, 4) is 0 Å². The highest BCUT2D eigenvalue weighted by molar-refractivity contribution is 5.68. The summed E-state index contributed by atoms with van der Waals surface area (Å²) in [7, 11) is 1.47. The van der Waals surface area contributed by atoms with Gasteiger partial charge >= 0.3 is 5.97 Å². The third kappa shape index (κ3) is 23.2. The molecule has 0 fully saturated rings. The highest BCUT2D eigenvalue weighted by Crippen LogP contribution is 2.14. The predicted octanol–water partition coefficient (Wildman–Crippen LogP) is 8.54. The zero-order valence-electron chi connectivity index (χ0n) is 18.6. The summed E-state index contributed by atoms with van der Waals surface area (Å²) in [5, 5.41) is 0. The molecule has 0 rings (SSSR count). The lowest BCUT2D eigenvalue weighted by Gasteiger charge is -2.04. The molecule has 0 amide bonds. The number of carbonyl (C=O) groups is 1. The Balaban J connectivity index is 3.02. The monoisotopic (exact) mass is 380 g/mol. The fourth-order valence-corrected chi connectivity index (χ4v) is 3.63. The smallest absolute Gasteiger partial charge is 0.305 e. The van der Waals surface area contributed by atoms with Crippen molar-refractivity contribution in [3.05, 3.63) is 12.2 Å². The quantitative estimate of drug-likeness (QED) is 0.113. The van der Waals surface area contributed by atoms with Gasteiger partial charge in [0.05, 0.1) is 7.11 Å². The van der Waals surface area contributed by atoms with Crippen molar-refractivity contribution in [2.75, 3.05) is 7.11 Å². The molecule has 0 heterocycles. The summed E-state index contributed by atoms with van der Waals surface area (Å²) in [5.74, 6) is -0.0642. The van der Waals surface area contributed by atoms with Crippen LogP contribution in [-0.2, 0) is 9.53 Å². The van der Waals surface area contributed by atoms with Gasteiger partial charge in [0, 0.05) is 6.42 Å². The molecule has 0 radical (unpaired) electrons. The lowest BCUT2D eigenvalue weighted by atomic mass is 10.0. The Kier molecular flexibility index (Phi) is 22.6. The zero-order chi connectivity index (χ0) is 19.8. The molecule has 0 aromatic rings. The second-order valence-corrected chi connectivity index (χ2v) is 8.05. The van der Waals surface area contributed by atoms with Gasteiger partial charge in [0.25, 0.3) is 0 Å². The molecular weight excluding hydrogens is 332 g/mol. The van der Waals surface area contributed by atoms with Crippen LogP contribution in [0.15, 0.2) is 12.2 Å². The highest BCUT2D eigenvalue weighted by Gasteiger charge is 1.99. The lowest BCUT2D eigenvalue weighted by Crippen LogP contribution is -1.99. The summed E-state index contributed by atoms with van der Waals surface area (Å²) in [6.45, 7) is 2.11. The van der Waals surface area contributed by atoms with E-state index in [0.29, 0.717) is 6.42 Å². The van der Waals surface area contributed by atoms with E-state index in [4.69, 9.17) is 0 Å². The van der Waals surface area contributed by atoms with Crippen molar-refractivity contribution < 1.29 is 9.53 Å². The number of esters is 1. The van der Waals surface area contributed by atoms with Crippen LogP contribution in [0.1, 0.15) is 135 Å². The SMILES string of the molecule is C/C=C/CCCCCCCCCCCCCCCCCCCCC(=O)OC. The van der Waals surface area contributed by atoms with Crippen LogP contribution in [0.5, 0.6) is 0 Å². The van der Waals surface area contributed by atoms with E-state index in [9.17, 15) is 4.79 Å². The Hall–Kier alpha value is -0.790. The van der Waals surface area contributed by atoms with Crippen molar-refractivity contribution in [1.29, 1.82) is 0 Å². The first-order chi connectivity index (χ1) is 13.3. The third-order valence-corrected chi connectivity index (χ3v) is 5.47. The molecule has 2 heteroatoms. The van der Waals surface area contributed by atoms with Crippen LogP contribution in [0.25, 0.3) is 0 Å². The van der Waals surface area contributed by atoms with E-state index >= 15 is 0 Å². The molecule has 0 bridgehead atoms. The lowest BCUT2D eigenvalue weighted by molar-refractivity contribution is -0.140. The van der Waals surface area contributed by atoms with Gasteiger partial charge in [0.1, 0.15) is 0 Å². The highest BCUT2D eigenvalue weighted by atomic mass is 16.5. The van der Waals surface area contributed by atoms with Gasteiger partial charge in [-0.05, 0) is 26.2 Å².